The predicted molar refractivity (Wildman–Crippen MR) is 72.9 cm³/mol. The molecule has 2 rings (SSSR count). The normalized spacial score (nSPS) is 14.3. The standard InChI is InChI=1S/C14H21N3O/c1-3-4-7-17(2)13-8-11(9-15-10-13)14(18)16-12-5-6-12/h8-10,12H,3-7H2,1-2H3,(H,16,18). The molecule has 1 amide bonds. The van der Waals surface area contributed by atoms with E-state index in [1.807, 2.05) is 19.3 Å². The van der Waals surface area contributed by atoms with Crippen LogP contribution in [0.2, 0.25) is 0 Å². The zero-order chi connectivity index (χ0) is 13.0. The van der Waals surface area contributed by atoms with Crippen LogP contribution in [0.15, 0.2) is 18.5 Å². The van der Waals surface area contributed by atoms with Crippen LogP contribution < -0.4 is 10.2 Å². The van der Waals surface area contributed by atoms with Crippen LogP contribution >= 0.6 is 0 Å². The third-order valence-corrected chi connectivity index (χ3v) is 3.19. The predicted octanol–water partition coefficient (Wildman–Crippen LogP) is 2.21. The van der Waals surface area contributed by atoms with Gasteiger partial charge in [-0.2, -0.15) is 0 Å². The molecule has 1 aliphatic rings. The lowest BCUT2D eigenvalue weighted by atomic mass is 10.2. The summed E-state index contributed by atoms with van der Waals surface area (Å²) < 4.78 is 0. The first-order chi connectivity index (χ1) is 8.70. The summed E-state index contributed by atoms with van der Waals surface area (Å²) in [6, 6.07) is 2.30. The molecule has 0 atom stereocenters. The van der Waals surface area contributed by atoms with Crippen molar-refractivity contribution in [2.75, 3.05) is 18.5 Å². The van der Waals surface area contributed by atoms with Crippen molar-refractivity contribution in [2.24, 2.45) is 0 Å². The second-order valence-corrected chi connectivity index (χ2v) is 4.95. The van der Waals surface area contributed by atoms with E-state index in [4.69, 9.17) is 0 Å². The number of hydrogen-bond donors (Lipinski definition) is 1. The van der Waals surface area contributed by atoms with Crippen molar-refractivity contribution < 1.29 is 4.79 Å². The van der Waals surface area contributed by atoms with Gasteiger partial charge in [0.05, 0.1) is 17.4 Å². The van der Waals surface area contributed by atoms with Crippen LogP contribution in [0.4, 0.5) is 5.69 Å². The van der Waals surface area contributed by atoms with Gasteiger partial charge in [0, 0.05) is 25.8 Å². The van der Waals surface area contributed by atoms with Gasteiger partial charge < -0.3 is 10.2 Å². The highest BCUT2D eigenvalue weighted by atomic mass is 16.1. The van der Waals surface area contributed by atoms with Crippen molar-refractivity contribution in [3.05, 3.63) is 24.0 Å². The third kappa shape index (κ3) is 3.45. The van der Waals surface area contributed by atoms with Crippen molar-refractivity contribution in [1.82, 2.24) is 10.3 Å². The Kier molecular flexibility index (Phi) is 4.18. The Hall–Kier alpha value is -1.58. The van der Waals surface area contributed by atoms with Gasteiger partial charge in [-0.25, -0.2) is 0 Å². The van der Waals surface area contributed by atoms with E-state index in [1.54, 1.807) is 6.20 Å². The van der Waals surface area contributed by atoms with E-state index in [9.17, 15) is 4.79 Å². The Balaban J connectivity index is 2.01. The Morgan fingerprint density at radius 2 is 2.28 bits per heavy atom. The van der Waals surface area contributed by atoms with Crippen molar-refractivity contribution in [1.29, 1.82) is 0 Å². The summed E-state index contributed by atoms with van der Waals surface area (Å²) in [5.74, 6) is -0.00394. The molecule has 1 fully saturated rings. The highest BCUT2D eigenvalue weighted by Gasteiger charge is 2.24. The fraction of sp³-hybridized carbons (Fsp3) is 0.571. The number of hydrogen-bond acceptors (Lipinski definition) is 3. The van der Waals surface area contributed by atoms with Crippen LogP contribution in [0, 0.1) is 0 Å². The van der Waals surface area contributed by atoms with Crippen LogP contribution in [0.25, 0.3) is 0 Å². The zero-order valence-electron chi connectivity index (χ0n) is 11.1. The lowest BCUT2D eigenvalue weighted by Crippen LogP contribution is -2.26. The van der Waals surface area contributed by atoms with Gasteiger partial charge in [0.1, 0.15) is 0 Å². The van der Waals surface area contributed by atoms with E-state index in [0.717, 1.165) is 31.5 Å². The maximum atomic E-state index is 11.9. The van der Waals surface area contributed by atoms with Gasteiger partial charge in [-0.1, -0.05) is 13.3 Å². The molecule has 4 nitrogen and oxygen atoms in total. The Morgan fingerprint density at radius 3 is 2.94 bits per heavy atom. The van der Waals surface area contributed by atoms with Gasteiger partial charge in [0.25, 0.3) is 5.91 Å². The summed E-state index contributed by atoms with van der Waals surface area (Å²) in [4.78, 5) is 18.2. The SMILES string of the molecule is CCCCN(C)c1cncc(C(=O)NC2CC2)c1. The molecule has 4 heteroatoms. The molecule has 1 saturated carbocycles. The average molecular weight is 247 g/mol. The molecule has 1 aromatic heterocycles. The molecular weight excluding hydrogens is 226 g/mol. The lowest BCUT2D eigenvalue weighted by molar-refractivity contribution is 0.0950. The Labute approximate surface area is 108 Å². The number of nitrogens with zero attached hydrogens (tertiary/aromatic N) is 2. The molecule has 1 aliphatic carbocycles. The number of aromatic nitrogens is 1. The van der Waals surface area contributed by atoms with Gasteiger partial charge in [-0.15, -0.1) is 0 Å². The summed E-state index contributed by atoms with van der Waals surface area (Å²) in [6.07, 6.45) is 7.97. The smallest absolute Gasteiger partial charge is 0.253 e. The minimum absolute atomic E-state index is 0.00394. The number of rotatable bonds is 6. The maximum Gasteiger partial charge on any atom is 0.253 e. The summed E-state index contributed by atoms with van der Waals surface area (Å²) in [6.45, 7) is 3.16. The van der Waals surface area contributed by atoms with Gasteiger partial charge >= 0.3 is 0 Å². The van der Waals surface area contributed by atoms with E-state index in [2.05, 4.69) is 22.1 Å². The number of pyridine rings is 1. The fourth-order valence-electron chi connectivity index (χ4n) is 1.78. The largest absolute Gasteiger partial charge is 0.373 e. The Bertz CT molecular complexity index is 415. The maximum absolute atomic E-state index is 11.9. The van der Waals surface area contributed by atoms with E-state index >= 15 is 0 Å². The molecule has 1 N–H and O–H groups in total. The van der Waals surface area contributed by atoms with Crippen molar-refractivity contribution in [3.8, 4) is 0 Å². The molecule has 0 radical (unpaired) electrons. The van der Waals surface area contributed by atoms with Crippen LogP contribution in [-0.2, 0) is 0 Å². The molecule has 0 saturated heterocycles. The summed E-state index contributed by atoms with van der Waals surface area (Å²) >= 11 is 0. The fourth-order valence-corrected chi connectivity index (χ4v) is 1.78. The number of unbranched alkanes of at least 4 members (excludes halogenated alkanes) is 1. The second kappa shape index (κ2) is 5.85. The van der Waals surface area contributed by atoms with Crippen LogP contribution in [0.5, 0.6) is 0 Å². The van der Waals surface area contributed by atoms with E-state index in [-0.39, 0.29) is 5.91 Å². The average Bonchev–Trinajstić information content (AvgIpc) is 3.20. The zero-order valence-corrected chi connectivity index (χ0v) is 11.1. The molecule has 18 heavy (non-hydrogen) atoms. The van der Waals surface area contributed by atoms with Crippen molar-refractivity contribution in [3.63, 3.8) is 0 Å². The van der Waals surface area contributed by atoms with Gasteiger partial charge in [0.15, 0.2) is 0 Å². The molecule has 0 aliphatic heterocycles. The van der Waals surface area contributed by atoms with E-state index in [0.29, 0.717) is 11.6 Å². The minimum atomic E-state index is -0.00394. The van der Waals surface area contributed by atoms with Gasteiger partial charge in [0.2, 0.25) is 0 Å². The summed E-state index contributed by atoms with van der Waals surface area (Å²) in [7, 11) is 2.04. The van der Waals surface area contributed by atoms with Gasteiger partial charge in [-0.05, 0) is 25.3 Å². The molecule has 1 aromatic rings. The number of nitrogens with one attached hydrogen (secondary N) is 1. The van der Waals surface area contributed by atoms with Crippen LogP contribution in [0.1, 0.15) is 43.0 Å². The summed E-state index contributed by atoms with van der Waals surface area (Å²) in [5, 5.41) is 2.98. The molecule has 1 heterocycles. The van der Waals surface area contributed by atoms with Crippen LogP contribution in [-0.4, -0.2) is 30.5 Å². The molecule has 0 unspecified atom stereocenters. The molecule has 98 valence electrons. The first kappa shape index (κ1) is 12.9. The van der Waals surface area contributed by atoms with Crippen LogP contribution in [0.3, 0.4) is 0 Å². The molecule has 0 aromatic carbocycles. The monoisotopic (exact) mass is 247 g/mol. The quantitative estimate of drug-likeness (QED) is 0.838. The van der Waals surface area contributed by atoms with Crippen molar-refractivity contribution >= 4 is 11.6 Å². The first-order valence-electron chi connectivity index (χ1n) is 6.67. The van der Waals surface area contributed by atoms with E-state index < -0.39 is 0 Å². The molecule has 0 bridgehead atoms. The first-order valence-corrected chi connectivity index (χ1v) is 6.67. The number of carbonyl (C=O) groups is 1. The molecular formula is C14H21N3O. The highest BCUT2D eigenvalue weighted by molar-refractivity contribution is 5.95. The number of amides is 1. The number of carbonyl (C=O) groups excluding carboxylic acids is 1. The second-order valence-electron chi connectivity index (χ2n) is 4.95. The van der Waals surface area contributed by atoms with E-state index in [1.165, 1.54) is 6.42 Å². The summed E-state index contributed by atoms with van der Waals surface area (Å²) in [5.41, 5.74) is 1.66. The Morgan fingerprint density at radius 1 is 1.50 bits per heavy atom. The lowest BCUT2D eigenvalue weighted by Gasteiger charge is -2.19. The highest BCUT2D eigenvalue weighted by Crippen LogP contribution is 2.20. The van der Waals surface area contributed by atoms with Crippen molar-refractivity contribution in [2.45, 2.75) is 38.6 Å². The topological polar surface area (TPSA) is 45.2 Å². The number of anilines is 1. The molecule has 0 spiro atoms. The third-order valence-electron chi connectivity index (χ3n) is 3.19. The minimum Gasteiger partial charge on any atom is -0.373 e. The van der Waals surface area contributed by atoms with Gasteiger partial charge in [-0.3, -0.25) is 9.78 Å².